The standard InChI is InChI=1S/C12H19NO4/c1-8-10-2-9(3-10)4-11(8)13(5-12(15)16)6-17-7-14/h7-11H,2-6H2,1H3,(H,15,16)/t8-,9?,10?,11-/m1/s1. The van der Waals surface area contributed by atoms with Crippen LogP contribution in [0.2, 0.25) is 0 Å². The Morgan fingerprint density at radius 3 is 2.71 bits per heavy atom. The molecule has 17 heavy (non-hydrogen) atoms. The van der Waals surface area contributed by atoms with Gasteiger partial charge in [0.15, 0.2) is 0 Å². The van der Waals surface area contributed by atoms with Crippen LogP contribution in [-0.2, 0) is 14.3 Å². The lowest BCUT2D eigenvalue weighted by Crippen LogP contribution is -2.53. The van der Waals surface area contributed by atoms with Crippen LogP contribution < -0.4 is 0 Å². The molecule has 0 heterocycles. The van der Waals surface area contributed by atoms with Gasteiger partial charge < -0.3 is 9.84 Å². The van der Waals surface area contributed by atoms with Crippen molar-refractivity contribution in [3.63, 3.8) is 0 Å². The number of nitrogens with zero attached hydrogens (tertiary/aromatic N) is 1. The topological polar surface area (TPSA) is 66.8 Å². The normalized spacial score (nSPS) is 35.2. The highest BCUT2D eigenvalue weighted by atomic mass is 16.5. The van der Waals surface area contributed by atoms with Crippen molar-refractivity contribution in [2.45, 2.75) is 32.2 Å². The molecular formula is C12H19NO4. The number of fused-ring (bicyclic) bond motifs is 2. The molecule has 5 nitrogen and oxygen atoms in total. The molecule has 0 aliphatic heterocycles. The first kappa shape index (κ1) is 12.4. The molecule has 3 aliphatic rings. The van der Waals surface area contributed by atoms with E-state index in [-0.39, 0.29) is 19.3 Å². The molecule has 2 atom stereocenters. The number of ether oxygens (including phenoxy) is 1. The first-order valence-corrected chi connectivity index (χ1v) is 6.13. The van der Waals surface area contributed by atoms with Gasteiger partial charge in [0.05, 0.1) is 6.54 Å². The van der Waals surface area contributed by atoms with Gasteiger partial charge in [-0.3, -0.25) is 14.5 Å². The fourth-order valence-electron chi connectivity index (χ4n) is 3.32. The zero-order chi connectivity index (χ0) is 12.4. The van der Waals surface area contributed by atoms with Crippen LogP contribution in [-0.4, -0.2) is 41.8 Å². The average Bonchev–Trinajstić information content (AvgIpc) is 2.22. The van der Waals surface area contributed by atoms with Gasteiger partial charge in [0.1, 0.15) is 6.73 Å². The highest BCUT2D eigenvalue weighted by molar-refractivity contribution is 5.69. The maximum atomic E-state index is 10.8. The number of rotatable bonds is 6. The van der Waals surface area contributed by atoms with Crippen molar-refractivity contribution in [1.82, 2.24) is 4.90 Å². The Bertz CT molecular complexity index is 301. The molecule has 0 spiro atoms. The Balaban J connectivity index is 1.98. The van der Waals surface area contributed by atoms with Gasteiger partial charge in [0.2, 0.25) is 0 Å². The minimum atomic E-state index is -0.869. The van der Waals surface area contributed by atoms with Gasteiger partial charge in [-0.15, -0.1) is 0 Å². The smallest absolute Gasteiger partial charge is 0.317 e. The molecule has 3 aliphatic carbocycles. The SMILES string of the molecule is C[C@@H]1C2CC(C2)C[C@H]1N(COC=O)CC(=O)O. The van der Waals surface area contributed by atoms with Crippen LogP contribution in [0.25, 0.3) is 0 Å². The molecule has 0 unspecified atom stereocenters. The van der Waals surface area contributed by atoms with Gasteiger partial charge in [-0.25, -0.2) is 0 Å². The molecule has 5 heteroatoms. The fraction of sp³-hybridized carbons (Fsp3) is 0.833. The number of carboxylic acid groups (broad SMARTS) is 1. The van der Waals surface area contributed by atoms with E-state index in [9.17, 15) is 9.59 Å². The fourth-order valence-corrected chi connectivity index (χ4v) is 3.32. The second-order valence-electron chi connectivity index (χ2n) is 5.29. The van der Waals surface area contributed by atoms with E-state index in [1.807, 2.05) is 0 Å². The minimum Gasteiger partial charge on any atom is -0.480 e. The Labute approximate surface area is 101 Å². The average molecular weight is 241 g/mol. The quantitative estimate of drug-likeness (QED) is 0.553. The largest absolute Gasteiger partial charge is 0.480 e. The monoisotopic (exact) mass is 241 g/mol. The first-order valence-electron chi connectivity index (χ1n) is 6.13. The van der Waals surface area contributed by atoms with E-state index in [1.54, 1.807) is 4.90 Å². The maximum absolute atomic E-state index is 10.8. The van der Waals surface area contributed by atoms with Crippen molar-refractivity contribution >= 4 is 12.4 Å². The number of carboxylic acids is 1. The molecule has 2 bridgehead atoms. The van der Waals surface area contributed by atoms with Crippen molar-refractivity contribution in [3.05, 3.63) is 0 Å². The summed E-state index contributed by atoms with van der Waals surface area (Å²) in [6.45, 7) is 2.59. The summed E-state index contributed by atoms with van der Waals surface area (Å²) in [6.07, 6.45) is 3.60. The van der Waals surface area contributed by atoms with Crippen LogP contribution in [0.4, 0.5) is 0 Å². The van der Waals surface area contributed by atoms with E-state index < -0.39 is 5.97 Å². The summed E-state index contributed by atoms with van der Waals surface area (Å²) in [6, 6.07) is 0.239. The van der Waals surface area contributed by atoms with Crippen molar-refractivity contribution in [2.24, 2.45) is 17.8 Å². The van der Waals surface area contributed by atoms with Crippen molar-refractivity contribution in [3.8, 4) is 0 Å². The van der Waals surface area contributed by atoms with E-state index in [1.165, 1.54) is 12.8 Å². The number of hydrogen-bond donors (Lipinski definition) is 1. The first-order chi connectivity index (χ1) is 8.11. The maximum Gasteiger partial charge on any atom is 0.317 e. The van der Waals surface area contributed by atoms with Crippen LogP contribution in [0, 0.1) is 17.8 Å². The molecule has 0 amide bonds. The lowest BCUT2D eigenvalue weighted by atomic mass is 9.58. The van der Waals surface area contributed by atoms with Crippen molar-refractivity contribution in [1.29, 1.82) is 0 Å². The summed E-state index contributed by atoms with van der Waals surface area (Å²) in [5, 5.41) is 8.89. The molecule has 3 saturated carbocycles. The van der Waals surface area contributed by atoms with E-state index in [0.717, 1.165) is 18.3 Å². The van der Waals surface area contributed by atoms with Crippen LogP contribution >= 0.6 is 0 Å². The molecule has 0 saturated heterocycles. The number of carbonyl (C=O) groups excluding carboxylic acids is 1. The van der Waals surface area contributed by atoms with Crippen LogP contribution in [0.5, 0.6) is 0 Å². The van der Waals surface area contributed by atoms with E-state index >= 15 is 0 Å². The summed E-state index contributed by atoms with van der Waals surface area (Å²) in [5.41, 5.74) is 0. The highest BCUT2D eigenvalue weighted by Gasteiger charge is 2.45. The molecule has 0 aromatic heterocycles. The van der Waals surface area contributed by atoms with E-state index in [2.05, 4.69) is 6.92 Å². The Morgan fingerprint density at radius 1 is 1.47 bits per heavy atom. The molecule has 3 rings (SSSR count). The van der Waals surface area contributed by atoms with Crippen LogP contribution in [0.15, 0.2) is 0 Å². The number of aliphatic carboxylic acids is 1. The van der Waals surface area contributed by atoms with E-state index in [4.69, 9.17) is 9.84 Å². The lowest BCUT2D eigenvalue weighted by Gasteiger charge is -2.52. The zero-order valence-electron chi connectivity index (χ0n) is 10.0. The zero-order valence-corrected chi connectivity index (χ0v) is 10.0. The molecule has 0 aromatic carbocycles. The number of carbonyl (C=O) groups is 2. The molecular weight excluding hydrogens is 222 g/mol. The van der Waals surface area contributed by atoms with Gasteiger partial charge in [-0.05, 0) is 37.0 Å². The minimum absolute atomic E-state index is 0.0533. The summed E-state index contributed by atoms with van der Waals surface area (Å²) in [4.78, 5) is 22.8. The molecule has 0 aromatic rings. The summed E-state index contributed by atoms with van der Waals surface area (Å²) in [5.74, 6) is 1.10. The number of hydrogen-bond acceptors (Lipinski definition) is 4. The van der Waals surface area contributed by atoms with Gasteiger partial charge in [0, 0.05) is 6.04 Å². The van der Waals surface area contributed by atoms with Crippen molar-refractivity contribution < 1.29 is 19.4 Å². The Kier molecular flexibility index (Phi) is 3.66. The third-order valence-electron chi connectivity index (χ3n) is 4.31. The van der Waals surface area contributed by atoms with Gasteiger partial charge in [-0.1, -0.05) is 6.92 Å². The van der Waals surface area contributed by atoms with E-state index in [0.29, 0.717) is 12.4 Å². The van der Waals surface area contributed by atoms with Gasteiger partial charge >= 0.3 is 5.97 Å². The third-order valence-corrected chi connectivity index (χ3v) is 4.31. The Hall–Kier alpha value is -1.10. The summed E-state index contributed by atoms with van der Waals surface area (Å²) in [7, 11) is 0. The van der Waals surface area contributed by atoms with Gasteiger partial charge in [0.25, 0.3) is 6.47 Å². The predicted molar refractivity (Wildman–Crippen MR) is 60.1 cm³/mol. The molecule has 3 fully saturated rings. The summed E-state index contributed by atoms with van der Waals surface area (Å²) < 4.78 is 4.73. The lowest BCUT2D eigenvalue weighted by molar-refractivity contribution is -0.149. The molecule has 0 radical (unpaired) electrons. The third kappa shape index (κ3) is 2.60. The van der Waals surface area contributed by atoms with Crippen molar-refractivity contribution in [2.75, 3.05) is 13.3 Å². The highest BCUT2D eigenvalue weighted by Crippen LogP contribution is 2.50. The Morgan fingerprint density at radius 2 is 2.18 bits per heavy atom. The second-order valence-corrected chi connectivity index (χ2v) is 5.29. The van der Waals surface area contributed by atoms with Crippen LogP contribution in [0.1, 0.15) is 26.2 Å². The van der Waals surface area contributed by atoms with Gasteiger partial charge in [-0.2, -0.15) is 0 Å². The predicted octanol–water partition coefficient (Wildman–Crippen LogP) is 0.938. The second kappa shape index (κ2) is 5.04. The molecule has 1 N–H and O–H groups in total. The van der Waals surface area contributed by atoms with Crippen LogP contribution in [0.3, 0.4) is 0 Å². The molecule has 96 valence electrons. The summed E-state index contributed by atoms with van der Waals surface area (Å²) >= 11 is 0.